The van der Waals surface area contributed by atoms with Crippen LogP contribution in [0.5, 0.6) is 5.75 Å². The quantitative estimate of drug-likeness (QED) is 0.755. The van der Waals surface area contributed by atoms with Crippen molar-refractivity contribution in [1.82, 2.24) is 4.98 Å². The third kappa shape index (κ3) is 1.64. The minimum Gasteiger partial charge on any atom is -0.493 e. The van der Waals surface area contributed by atoms with Crippen LogP contribution in [0.25, 0.3) is 10.9 Å². The topological polar surface area (TPSA) is 88.3 Å². The van der Waals surface area contributed by atoms with Crippen LogP contribution >= 0.6 is 0 Å². The number of nitrogens with one attached hydrogen (secondary N) is 1. The number of nitrogens with two attached hydrogens (primary N) is 1. The number of aromatic amines is 1. The highest BCUT2D eigenvalue weighted by molar-refractivity contribution is 5.89. The lowest BCUT2D eigenvalue weighted by molar-refractivity contribution is -0.138. The summed E-state index contributed by atoms with van der Waals surface area (Å²) in [6.07, 6.45) is 3.05. The van der Waals surface area contributed by atoms with Gasteiger partial charge in [0.15, 0.2) is 0 Å². The van der Waals surface area contributed by atoms with Gasteiger partial charge >= 0.3 is 5.97 Å². The third-order valence-corrected chi connectivity index (χ3v) is 3.37. The van der Waals surface area contributed by atoms with Crippen LogP contribution in [0.4, 0.5) is 0 Å². The highest BCUT2D eigenvalue weighted by Crippen LogP contribution is 2.33. The maximum Gasteiger partial charge on any atom is 0.320 e. The van der Waals surface area contributed by atoms with Crippen molar-refractivity contribution in [3.05, 3.63) is 29.5 Å². The maximum absolute atomic E-state index is 10.8. The van der Waals surface area contributed by atoms with Crippen LogP contribution in [-0.2, 0) is 17.6 Å². The van der Waals surface area contributed by atoms with Crippen molar-refractivity contribution in [3.63, 3.8) is 0 Å². The lowest BCUT2D eigenvalue weighted by atomic mass is 10.0. The van der Waals surface area contributed by atoms with Gasteiger partial charge in [-0.3, -0.25) is 4.79 Å². The number of carbonyl (C=O) groups is 1. The van der Waals surface area contributed by atoms with Gasteiger partial charge in [-0.15, -0.1) is 0 Å². The minimum atomic E-state index is -0.978. The van der Waals surface area contributed by atoms with Crippen molar-refractivity contribution in [3.8, 4) is 5.75 Å². The fourth-order valence-corrected chi connectivity index (χ4v) is 2.44. The van der Waals surface area contributed by atoms with E-state index in [0.717, 1.165) is 28.6 Å². The first-order valence-corrected chi connectivity index (χ1v) is 5.90. The predicted octanol–water partition coefficient (Wildman–Crippen LogP) is 1.06. The van der Waals surface area contributed by atoms with Gasteiger partial charge in [0, 0.05) is 30.0 Å². The number of carboxylic acid groups (broad SMARTS) is 1. The van der Waals surface area contributed by atoms with Crippen LogP contribution in [0.2, 0.25) is 0 Å². The molecule has 0 radical (unpaired) electrons. The SMILES string of the molecule is N[C@@H](Cc1c[nH]c2c3c(ccc12)OCC3)C(=O)O. The lowest BCUT2D eigenvalue weighted by Crippen LogP contribution is -2.32. The average molecular weight is 246 g/mol. The smallest absolute Gasteiger partial charge is 0.320 e. The van der Waals surface area contributed by atoms with E-state index in [1.807, 2.05) is 18.3 Å². The Bertz CT molecular complexity index is 618. The Kier molecular flexibility index (Phi) is 2.48. The highest BCUT2D eigenvalue weighted by Gasteiger charge is 2.19. The number of benzene rings is 1. The standard InChI is InChI=1S/C13H14N2O3/c14-10(13(16)17)5-7-6-15-12-8(7)1-2-11-9(12)3-4-18-11/h1-2,6,10,15H,3-5,14H2,(H,16,17)/t10-/m0/s1. The summed E-state index contributed by atoms with van der Waals surface area (Å²) in [5.41, 5.74) is 8.72. The fourth-order valence-electron chi connectivity index (χ4n) is 2.44. The molecule has 0 spiro atoms. The molecule has 18 heavy (non-hydrogen) atoms. The zero-order valence-electron chi connectivity index (χ0n) is 9.77. The summed E-state index contributed by atoms with van der Waals surface area (Å²) in [4.78, 5) is 14.0. The van der Waals surface area contributed by atoms with Crippen molar-refractivity contribution in [2.45, 2.75) is 18.9 Å². The average Bonchev–Trinajstić information content (AvgIpc) is 2.94. The van der Waals surface area contributed by atoms with Gasteiger partial charge in [0.1, 0.15) is 11.8 Å². The summed E-state index contributed by atoms with van der Waals surface area (Å²) in [6.45, 7) is 0.706. The van der Waals surface area contributed by atoms with Crippen molar-refractivity contribution in [1.29, 1.82) is 0 Å². The van der Waals surface area contributed by atoms with Crippen LogP contribution in [-0.4, -0.2) is 28.7 Å². The first-order valence-electron chi connectivity index (χ1n) is 5.90. The lowest BCUT2D eigenvalue weighted by Gasteiger charge is -2.05. The van der Waals surface area contributed by atoms with Gasteiger partial charge in [-0.1, -0.05) is 0 Å². The zero-order valence-corrected chi connectivity index (χ0v) is 9.77. The second kappa shape index (κ2) is 4.03. The molecule has 1 aromatic heterocycles. The van der Waals surface area contributed by atoms with Crippen LogP contribution in [0.15, 0.2) is 18.3 Å². The molecule has 0 amide bonds. The molecule has 1 aliphatic heterocycles. The molecule has 2 aromatic rings. The van der Waals surface area contributed by atoms with Crippen LogP contribution in [0.1, 0.15) is 11.1 Å². The van der Waals surface area contributed by atoms with Crippen LogP contribution in [0.3, 0.4) is 0 Å². The Morgan fingerprint density at radius 1 is 1.56 bits per heavy atom. The number of fused-ring (bicyclic) bond motifs is 3. The summed E-state index contributed by atoms with van der Waals surface area (Å²) in [6, 6.07) is 3.03. The molecule has 1 aliphatic rings. The predicted molar refractivity (Wildman–Crippen MR) is 66.8 cm³/mol. The van der Waals surface area contributed by atoms with Gasteiger partial charge in [0.05, 0.1) is 12.1 Å². The molecule has 5 nitrogen and oxygen atoms in total. The molecule has 5 heteroatoms. The Hall–Kier alpha value is -2.01. The molecular formula is C13H14N2O3. The molecule has 0 unspecified atom stereocenters. The number of rotatable bonds is 3. The van der Waals surface area contributed by atoms with Crippen molar-refractivity contribution < 1.29 is 14.6 Å². The Labute approximate surface area is 104 Å². The van der Waals surface area contributed by atoms with Crippen LogP contribution in [0, 0.1) is 0 Å². The van der Waals surface area contributed by atoms with Crippen molar-refractivity contribution >= 4 is 16.9 Å². The van der Waals surface area contributed by atoms with Gasteiger partial charge in [0.25, 0.3) is 0 Å². The molecule has 0 saturated heterocycles. The molecule has 0 aliphatic carbocycles. The number of hydrogen-bond donors (Lipinski definition) is 3. The van der Waals surface area contributed by atoms with E-state index in [0.29, 0.717) is 13.0 Å². The highest BCUT2D eigenvalue weighted by atomic mass is 16.5. The van der Waals surface area contributed by atoms with Gasteiger partial charge in [-0.05, 0) is 17.7 Å². The molecule has 0 bridgehead atoms. The van der Waals surface area contributed by atoms with E-state index >= 15 is 0 Å². The number of ether oxygens (including phenoxy) is 1. The van der Waals surface area contributed by atoms with Gasteiger partial charge in [-0.2, -0.15) is 0 Å². The van der Waals surface area contributed by atoms with Crippen molar-refractivity contribution in [2.75, 3.05) is 6.61 Å². The summed E-state index contributed by atoms with van der Waals surface area (Å²) < 4.78 is 5.50. The largest absolute Gasteiger partial charge is 0.493 e. The molecule has 1 aromatic carbocycles. The number of hydrogen-bond acceptors (Lipinski definition) is 3. The molecule has 4 N–H and O–H groups in total. The molecule has 2 heterocycles. The molecule has 0 fully saturated rings. The van der Waals surface area contributed by atoms with E-state index in [1.165, 1.54) is 5.56 Å². The van der Waals surface area contributed by atoms with Crippen molar-refractivity contribution in [2.24, 2.45) is 5.73 Å². The maximum atomic E-state index is 10.8. The summed E-state index contributed by atoms with van der Waals surface area (Å²) in [5, 5.41) is 9.89. The zero-order chi connectivity index (χ0) is 12.7. The minimum absolute atomic E-state index is 0.328. The number of aliphatic carboxylic acids is 1. The molecule has 3 rings (SSSR count). The number of aromatic nitrogens is 1. The second-order valence-electron chi connectivity index (χ2n) is 4.53. The Morgan fingerprint density at radius 2 is 2.39 bits per heavy atom. The molecule has 94 valence electrons. The Morgan fingerprint density at radius 3 is 3.17 bits per heavy atom. The first-order chi connectivity index (χ1) is 8.66. The van der Waals surface area contributed by atoms with Gasteiger partial charge in [0.2, 0.25) is 0 Å². The van der Waals surface area contributed by atoms with E-state index in [-0.39, 0.29) is 0 Å². The monoisotopic (exact) mass is 246 g/mol. The summed E-state index contributed by atoms with van der Waals surface area (Å²) in [7, 11) is 0. The van der Waals surface area contributed by atoms with E-state index in [4.69, 9.17) is 15.6 Å². The second-order valence-corrected chi connectivity index (χ2v) is 4.53. The van der Waals surface area contributed by atoms with E-state index in [1.54, 1.807) is 0 Å². The molecule has 0 saturated carbocycles. The van der Waals surface area contributed by atoms with E-state index in [2.05, 4.69) is 4.98 Å². The summed E-state index contributed by atoms with van der Waals surface area (Å²) in [5.74, 6) is -0.0627. The van der Waals surface area contributed by atoms with E-state index < -0.39 is 12.0 Å². The third-order valence-electron chi connectivity index (χ3n) is 3.37. The summed E-state index contributed by atoms with van der Waals surface area (Å²) >= 11 is 0. The van der Waals surface area contributed by atoms with E-state index in [9.17, 15) is 4.79 Å². The normalized spacial score (nSPS) is 15.4. The van der Waals surface area contributed by atoms with Gasteiger partial charge < -0.3 is 20.6 Å². The van der Waals surface area contributed by atoms with Gasteiger partial charge in [-0.25, -0.2) is 0 Å². The van der Waals surface area contributed by atoms with Crippen LogP contribution < -0.4 is 10.5 Å². The molecular weight excluding hydrogens is 232 g/mol. The number of H-pyrrole nitrogens is 1. The Balaban J connectivity index is 2.03. The number of carboxylic acids is 1. The molecule has 1 atom stereocenters. The fraction of sp³-hybridized carbons (Fsp3) is 0.308. The first kappa shape index (κ1) is 11.1.